The first-order chi connectivity index (χ1) is 10.6. The van der Waals surface area contributed by atoms with Gasteiger partial charge in [-0.05, 0) is 18.1 Å². The third kappa shape index (κ3) is 3.22. The Morgan fingerprint density at radius 1 is 1.36 bits per heavy atom. The smallest absolute Gasteiger partial charge is 0.262 e. The van der Waals surface area contributed by atoms with E-state index in [1.54, 1.807) is 6.20 Å². The molecule has 2 aromatic rings. The molecule has 1 aromatic carbocycles. The molecule has 116 valence electrons. The number of alkyl halides is 2. The van der Waals surface area contributed by atoms with Gasteiger partial charge < -0.3 is 5.32 Å². The maximum atomic E-state index is 13.1. The van der Waals surface area contributed by atoms with Crippen LogP contribution in [0.1, 0.15) is 12.0 Å². The summed E-state index contributed by atoms with van der Waals surface area (Å²) < 4.78 is 26.1. The quantitative estimate of drug-likeness (QED) is 0.907. The van der Waals surface area contributed by atoms with Crippen LogP contribution in [0.4, 0.5) is 8.78 Å². The minimum absolute atomic E-state index is 0.370. The van der Waals surface area contributed by atoms with Crippen LogP contribution >= 0.6 is 0 Å². The second-order valence-corrected chi connectivity index (χ2v) is 5.53. The van der Waals surface area contributed by atoms with Crippen LogP contribution in [-0.2, 0) is 11.2 Å². The number of nitrogens with one attached hydrogen (secondary N) is 2. The second kappa shape index (κ2) is 5.96. The third-order valence-corrected chi connectivity index (χ3v) is 3.84. The standard InChI is InChI=1S/C16H17F2N3O/c17-16(18)9-13(21-10-16)15(22)20-8-6-12-4-1-3-11-5-2-7-19-14(11)12/h1-5,7,13,21H,6,8-10H2,(H,20,22). The fraction of sp³-hybridized carbons (Fsp3) is 0.375. The first kappa shape index (κ1) is 14.8. The van der Waals surface area contributed by atoms with Gasteiger partial charge in [-0.2, -0.15) is 0 Å². The van der Waals surface area contributed by atoms with Crippen molar-refractivity contribution in [1.82, 2.24) is 15.6 Å². The molecule has 1 aliphatic rings. The summed E-state index contributed by atoms with van der Waals surface area (Å²) in [6.45, 7) is -0.0311. The zero-order valence-corrected chi connectivity index (χ0v) is 12.0. The number of carbonyl (C=O) groups excluding carboxylic acids is 1. The van der Waals surface area contributed by atoms with Crippen molar-refractivity contribution in [2.24, 2.45) is 0 Å². The summed E-state index contributed by atoms with van der Waals surface area (Å²) in [6.07, 6.45) is 1.91. The van der Waals surface area contributed by atoms with E-state index in [1.807, 2.05) is 30.3 Å². The number of fused-ring (bicyclic) bond motifs is 1. The van der Waals surface area contributed by atoms with Gasteiger partial charge in [-0.3, -0.25) is 15.1 Å². The monoisotopic (exact) mass is 305 g/mol. The Labute approximate surface area is 126 Å². The fourth-order valence-corrected chi connectivity index (χ4v) is 2.71. The highest BCUT2D eigenvalue weighted by molar-refractivity contribution is 5.83. The number of hydrogen-bond donors (Lipinski definition) is 2. The molecule has 2 heterocycles. The summed E-state index contributed by atoms with van der Waals surface area (Å²) >= 11 is 0. The normalized spacial score (nSPS) is 20.2. The number of rotatable bonds is 4. The zero-order valence-electron chi connectivity index (χ0n) is 12.0. The lowest BCUT2D eigenvalue weighted by Gasteiger charge is -2.11. The number of nitrogens with zero attached hydrogens (tertiary/aromatic N) is 1. The number of para-hydroxylation sites is 1. The largest absolute Gasteiger partial charge is 0.354 e. The minimum Gasteiger partial charge on any atom is -0.354 e. The molecule has 1 atom stereocenters. The van der Waals surface area contributed by atoms with E-state index >= 15 is 0 Å². The van der Waals surface area contributed by atoms with Gasteiger partial charge >= 0.3 is 0 Å². The third-order valence-electron chi connectivity index (χ3n) is 3.84. The molecule has 22 heavy (non-hydrogen) atoms. The van der Waals surface area contributed by atoms with E-state index in [2.05, 4.69) is 15.6 Å². The molecule has 6 heteroatoms. The van der Waals surface area contributed by atoms with Crippen molar-refractivity contribution in [3.8, 4) is 0 Å². The average Bonchev–Trinajstić information content (AvgIpc) is 2.88. The summed E-state index contributed by atoms with van der Waals surface area (Å²) in [5.41, 5.74) is 1.94. The highest BCUT2D eigenvalue weighted by Gasteiger charge is 2.42. The summed E-state index contributed by atoms with van der Waals surface area (Å²) in [7, 11) is 0. The molecule has 0 radical (unpaired) electrons. The van der Waals surface area contributed by atoms with Gasteiger partial charge in [0.05, 0.1) is 18.1 Å². The maximum absolute atomic E-state index is 13.1. The number of hydrogen-bond acceptors (Lipinski definition) is 3. The Balaban J connectivity index is 1.58. The topological polar surface area (TPSA) is 54.0 Å². The van der Waals surface area contributed by atoms with Crippen molar-refractivity contribution >= 4 is 16.8 Å². The van der Waals surface area contributed by atoms with E-state index in [0.717, 1.165) is 16.5 Å². The van der Waals surface area contributed by atoms with Crippen LogP contribution in [-0.4, -0.2) is 35.9 Å². The van der Waals surface area contributed by atoms with Gasteiger partial charge in [-0.25, -0.2) is 8.78 Å². The van der Waals surface area contributed by atoms with E-state index in [9.17, 15) is 13.6 Å². The first-order valence-electron chi connectivity index (χ1n) is 7.27. The molecule has 1 unspecified atom stereocenters. The van der Waals surface area contributed by atoms with Gasteiger partial charge in [0, 0.05) is 24.5 Å². The van der Waals surface area contributed by atoms with Crippen LogP contribution in [0.3, 0.4) is 0 Å². The Bertz CT molecular complexity index is 685. The molecular formula is C16H17F2N3O. The number of halogens is 2. The lowest BCUT2D eigenvalue weighted by Crippen LogP contribution is -2.41. The molecule has 0 aliphatic carbocycles. The molecule has 1 saturated heterocycles. The Kier molecular flexibility index (Phi) is 4.02. The van der Waals surface area contributed by atoms with E-state index < -0.39 is 24.9 Å². The van der Waals surface area contributed by atoms with E-state index in [4.69, 9.17) is 0 Å². The van der Waals surface area contributed by atoms with Crippen molar-refractivity contribution in [2.75, 3.05) is 13.1 Å². The van der Waals surface area contributed by atoms with Gasteiger partial charge in [-0.1, -0.05) is 24.3 Å². The molecule has 0 saturated carbocycles. The van der Waals surface area contributed by atoms with Crippen molar-refractivity contribution in [3.05, 3.63) is 42.1 Å². The number of amides is 1. The molecular weight excluding hydrogens is 288 g/mol. The van der Waals surface area contributed by atoms with Gasteiger partial charge in [0.2, 0.25) is 5.91 Å². The number of pyridine rings is 1. The van der Waals surface area contributed by atoms with E-state index in [0.29, 0.717) is 13.0 Å². The molecule has 2 N–H and O–H groups in total. The van der Waals surface area contributed by atoms with Crippen LogP contribution in [0.2, 0.25) is 0 Å². The van der Waals surface area contributed by atoms with E-state index in [-0.39, 0.29) is 5.91 Å². The van der Waals surface area contributed by atoms with E-state index in [1.165, 1.54) is 0 Å². The van der Waals surface area contributed by atoms with Gasteiger partial charge in [0.25, 0.3) is 5.92 Å². The zero-order chi connectivity index (χ0) is 15.6. The molecule has 1 fully saturated rings. The minimum atomic E-state index is -2.79. The predicted octanol–water partition coefficient (Wildman–Crippen LogP) is 1.89. The highest BCUT2D eigenvalue weighted by atomic mass is 19.3. The number of benzene rings is 1. The predicted molar refractivity (Wildman–Crippen MR) is 79.8 cm³/mol. The summed E-state index contributed by atoms with van der Waals surface area (Å²) in [5.74, 6) is -3.16. The van der Waals surface area contributed by atoms with Gasteiger partial charge in [-0.15, -0.1) is 0 Å². The van der Waals surface area contributed by atoms with Crippen LogP contribution < -0.4 is 10.6 Å². The molecule has 0 spiro atoms. The van der Waals surface area contributed by atoms with Crippen molar-refractivity contribution in [3.63, 3.8) is 0 Å². The Morgan fingerprint density at radius 2 is 2.18 bits per heavy atom. The molecule has 1 amide bonds. The second-order valence-electron chi connectivity index (χ2n) is 5.53. The molecule has 3 rings (SSSR count). The van der Waals surface area contributed by atoms with Crippen molar-refractivity contribution < 1.29 is 13.6 Å². The van der Waals surface area contributed by atoms with Gasteiger partial charge in [0.1, 0.15) is 0 Å². The summed E-state index contributed by atoms with van der Waals surface area (Å²) in [4.78, 5) is 16.2. The number of carbonyl (C=O) groups is 1. The van der Waals surface area contributed by atoms with Gasteiger partial charge in [0.15, 0.2) is 0 Å². The van der Waals surface area contributed by atoms with Crippen molar-refractivity contribution in [1.29, 1.82) is 0 Å². The highest BCUT2D eigenvalue weighted by Crippen LogP contribution is 2.25. The average molecular weight is 305 g/mol. The number of aromatic nitrogens is 1. The molecule has 0 bridgehead atoms. The van der Waals surface area contributed by atoms with Crippen molar-refractivity contribution in [2.45, 2.75) is 24.8 Å². The molecule has 1 aliphatic heterocycles. The van der Waals surface area contributed by atoms with Crippen LogP contribution in [0, 0.1) is 0 Å². The maximum Gasteiger partial charge on any atom is 0.262 e. The van der Waals surface area contributed by atoms with Crippen LogP contribution in [0.15, 0.2) is 36.5 Å². The Morgan fingerprint density at radius 3 is 2.95 bits per heavy atom. The molecule has 4 nitrogen and oxygen atoms in total. The first-order valence-corrected chi connectivity index (χ1v) is 7.27. The fourth-order valence-electron chi connectivity index (χ4n) is 2.71. The summed E-state index contributed by atoms with van der Waals surface area (Å²) in [6, 6.07) is 8.94. The summed E-state index contributed by atoms with van der Waals surface area (Å²) in [5, 5.41) is 6.31. The lowest BCUT2D eigenvalue weighted by molar-refractivity contribution is -0.123. The SMILES string of the molecule is O=C(NCCc1cccc2cccnc12)C1CC(F)(F)CN1. The lowest BCUT2D eigenvalue weighted by atomic mass is 10.1. The Hall–Kier alpha value is -2.08. The van der Waals surface area contributed by atoms with Crippen LogP contribution in [0.25, 0.3) is 10.9 Å². The molecule has 1 aromatic heterocycles. The van der Waals surface area contributed by atoms with Crippen LogP contribution in [0.5, 0.6) is 0 Å².